The quantitative estimate of drug-likeness (QED) is 0.295. The van der Waals surface area contributed by atoms with Crippen molar-refractivity contribution in [3.63, 3.8) is 0 Å². The summed E-state index contributed by atoms with van der Waals surface area (Å²) in [6.07, 6.45) is 0. The van der Waals surface area contributed by atoms with E-state index in [9.17, 15) is 24.5 Å². The summed E-state index contributed by atoms with van der Waals surface area (Å²) in [6.45, 7) is -0.218. The lowest BCUT2D eigenvalue weighted by Crippen LogP contribution is -2.30. The van der Waals surface area contributed by atoms with Gasteiger partial charge in [-0.2, -0.15) is 0 Å². The van der Waals surface area contributed by atoms with Gasteiger partial charge in [0.2, 0.25) is 0 Å². The normalized spacial score (nSPS) is 14.9. The van der Waals surface area contributed by atoms with Crippen molar-refractivity contribution in [3.8, 4) is 0 Å². The molecule has 32 heavy (non-hydrogen) atoms. The van der Waals surface area contributed by atoms with E-state index in [1.165, 1.54) is 29.2 Å². The second-order valence-electron chi connectivity index (χ2n) is 7.33. The van der Waals surface area contributed by atoms with E-state index in [4.69, 9.17) is 16.7 Å². The van der Waals surface area contributed by atoms with Crippen molar-refractivity contribution >= 4 is 51.7 Å². The van der Waals surface area contributed by atoms with Gasteiger partial charge in [0.25, 0.3) is 17.5 Å². The minimum absolute atomic E-state index is 0.120. The summed E-state index contributed by atoms with van der Waals surface area (Å²) >= 11 is 6.06. The number of non-ortho nitro benzene ring substituents is 1. The van der Waals surface area contributed by atoms with Crippen molar-refractivity contribution in [2.24, 2.45) is 0 Å². The van der Waals surface area contributed by atoms with E-state index in [0.29, 0.717) is 16.6 Å². The van der Waals surface area contributed by atoms with Crippen molar-refractivity contribution < 1.29 is 24.4 Å². The number of fused-ring (bicyclic) bond motifs is 2. The highest BCUT2D eigenvalue weighted by Gasteiger charge is 2.34. The lowest BCUT2D eigenvalue weighted by molar-refractivity contribution is -0.384. The molecule has 2 heterocycles. The number of carboxylic acid groups (broad SMARTS) is 1. The van der Waals surface area contributed by atoms with E-state index in [1.54, 1.807) is 18.2 Å². The molecule has 164 valence electrons. The Hall–Kier alpha value is -3.92. The van der Waals surface area contributed by atoms with Gasteiger partial charge in [-0.05, 0) is 29.8 Å². The number of nitro benzene ring substituents is 1. The topological polar surface area (TPSA) is 146 Å². The van der Waals surface area contributed by atoms with Crippen LogP contribution in [0.4, 0.5) is 11.4 Å². The minimum Gasteiger partial charge on any atom is -0.480 e. The number of amides is 2. The number of nitrogens with zero attached hydrogens (tertiary/aromatic N) is 2. The van der Waals surface area contributed by atoms with Crippen LogP contribution < -0.4 is 10.2 Å². The van der Waals surface area contributed by atoms with Crippen LogP contribution in [0.5, 0.6) is 0 Å². The first-order chi connectivity index (χ1) is 15.3. The molecule has 0 saturated heterocycles. The summed E-state index contributed by atoms with van der Waals surface area (Å²) in [5, 5.41) is 22.8. The summed E-state index contributed by atoms with van der Waals surface area (Å²) in [5.41, 5.74) is 2.10. The maximum absolute atomic E-state index is 13.3. The number of aromatic nitrogens is 1. The van der Waals surface area contributed by atoms with Crippen LogP contribution in [0.1, 0.15) is 32.3 Å². The van der Waals surface area contributed by atoms with Gasteiger partial charge in [0.1, 0.15) is 12.2 Å². The Morgan fingerprint density at radius 1 is 1.22 bits per heavy atom. The zero-order valence-corrected chi connectivity index (χ0v) is 17.3. The third-order valence-corrected chi connectivity index (χ3v) is 5.68. The predicted octanol–water partition coefficient (Wildman–Crippen LogP) is 2.87. The molecule has 1 atom stereocenters. The van der Waals surface area contributed by atoms with Gasteiger partial charge in [-0.25, -0.2) is 0 Å². The van der Waals surface area contributed by atoms with Gasteiger partial charge < -0.3 is 20.3 Å². The zero-order valence-electron chi connectivity index (χ0n) is 16.5. The van der Waals surface area contributed by atoms with Crippen LogP contribution in [0.2, 0.25) is 0 Å². The monoisotopic (exact) mass is 456 g/mol. The molecule has 0 aliphatic carbocycles. The Bertz CT molecular complexity index is 1270. The van der Waals surface area contributed by atoms with E-state index in [0.717, 1.165) is 5.56 Å². The number of hydrogen-bond donors (Lipinski definition) is 3. The average Bonchev–Trinajstić information content (AvgIpc) is 3.37. The number of alkyl halides is 1. The van der Waals surface area contributed by atoms with Crippen LogP contribution >= 0.6 is 11.6 Å². The molecule has 0 radical (unpaired) electrons. The second-order valence-corrected chi connectivity index (χ2v) is 7.64. The molecule has 1 unspecified atom stereocenters. The molecule has 10 nitrogen and oxygen atoms in total. The summed E-state index contributed by atoms with van der Waals surface area (Å²) in [7, 11) is 0. The third kappa shape index (κ3) is 3.87. The van der Waals surface area contributed by atoms with Gasteiger partial charge in [0.15, 0.2) is 0 Å². The Balaban J connectivity index is 1.64. The summed E-state index contributed by atoms with van der Waals surface area (Å²) in [5.74, 6) is -1.98. The lowest BCUT2D eigenvalue weighted by atomic mass is 10.0. The van der Waals surface area contributed by atoms with E-state index >= 15 is 0 Å². The largest absolute Gasteiger partial charge is 0.480 e. The Labute approximate surface area is 185 Å². The number of benzene rings is 2. The smallest absolute Gasteiger partial charge is 0.322 e. The maximum atomic E-state index is 13.3. The first kappa shape index (κ1) is 21.3. The van der Waals surface area contributed by atoms with Crippen LogP contribution in [-0.2, 0) is 4.79 Å². The molecule has 1 aliphatic heterocycles. The molecule has 0 fully saturated rings. The molecule has 0 spiro atoms. The molecule has 0 bridgehead atoms. The van der Waals surface area contributed by atoms with E-state index in [2.05, 4.69) is 10.3 Å². The number of nitrogens with one attached hydrogen (secondary N) is 2. The van der Waals surface area contributed by atoms with Gasteiger partial charge >= 0.3 is 5.97 Å². The number of carbonyl (C=O) groups excluding carboxylic acids is 2. The first-order valence-electron chi connectivity index (χ1n) is 9.57. The van der Waals surface area contributed by atoms with Crippen LogP contribution in [-0.4, -0.2) is 51.8 Å². The molecule has 2 aromatic carbocycles. The average molecular weight is 457 g/mol. The fourth-order valence-electron chi connectivity index (χ4n) is 3.75. The van der Waals surface area contributed by atoms with Gasteiger partial charge in [-0.3, -0.25) is 24.5 Å². The van der Waals surface area contributed by atoms with Gasteiger partial charge in [-0.1, -0.05) is 6.07 Å². The molecular formula is C21H17ClN4O6. The maximum Gasteiger partial charge on any atom is 0.322 e. The third-order valence-electron chi connectivity index (χ3n) is 5.31. The second kappa shape index (κ2) is 8.31. The number of carbonyl (C=O) groups is 3. The number of H-pyrrole nitrogens is 1. The number of aromatic amines is 1. The Morgan fingerprint density at radius 3 is 2.69 bits per heavy atom. The van der Waals surface area contributed by atoms with Gasteiger partial charge in [-0.15, -0.1) is 11.6 Å². The van der Waals surface area contributed by atoms with Crippen LogP contribution in [0.15, 0.2) is 42.5 Å². The molecule has 2 amide bonds. The van der Waals surface area contributed by atoms with Gasteiger partial charge in [0, 0.05) is 46.9 Å². The molecule has 11 heteroatoms. The fraction of sp³-hybridized carbons (Fsp3) is 0.190. The molecule has 1 aliphatic rings. The number of anilines is 1. The Kier molecular flexibility index (Phi) is 5.54. The van der Waals surface area contributed by atoms with Crippen LogP contribution in [0.25, 0.3) is 10.9 Å². The summed E-state index contributed by atoms with van der Waals surface area (Å²) < 4.78 is 0. The SMILES string of the molecule is O=C(O)CNC(=O)c1ccc2cc(C(=O)N3CC(CCl)c4ccc([N+](=O)[O-])cc43)[nH]c2c1. The standard InChI is InChI=1S/C21H17ClN4O6/c22-8-13-10-25(18-7-14(26(31)32)3-4-15(13)18)21(30)17-5-11-1-2-12(6-16(11)24-17)20(29)23-9-19(27)28/h1-7,13,24H,8-10H2,(H,23,29)(H,27,28). The highest BCUT2D eigenvalue weighted by Crippen LogP contribution is 2.40. The molecule has 3 aromatic rings. The molecule has 4 rings (SSSR count). The van der Waals surface area contributed by atoms with E-state index in [-0.39, 0.29) is 41.2 Å². The van der Waals surface area contributed by atoms with Crippen LogP contribution in [0, 0.1) is 10.1 Å². The van der Waals surface area contributed by atoms with Crippen molar-refractivity contribution in [1.29, 1.82) is 0 Å². The van der Waals surface area contributed by atoms with Crippen molar-refractivity contribution in [2.45, 2.75) is 5.92 Å². The molecule has 3 N–H and O–H groups in total. The predicted molar refractivity (Wildman–Crippen MR) is 117 cm³/mol. The van der Waals surface area contributed by atoms with Crippen molar-refractivity contribution in [3.05, 3.63) is 69.4 Å². The number of aliphatic carboxylic acids is 1. The number of hydrogen-bond acceptors (Lipinski definition) is 5. The number of nitro groups is 1. The van der Waals surface area contributed by atoms with Gasteiger partial charge in [0.05, 0.1) is 10.6 Å². The number of rotatable bonds is 6. The Morgan fingerprint density at radius 2 is 2.00 bits per heavy atom. The number of carboxylic acids is 1. The highest BCUT2D eigenvalue weighted by molar-refractivity contribution is 6.19. The molecular weight excluding hydrogens is 440 g/mol. The molecule has 0 saturated carbocycles. The van der Waals surface area contributed by atoms with E-state index < -0.39 is 23.3 Å². The summed E-state index contributed by atoms with van der Waals surface area (Å²) in [6, 6.07) is 10.7. The lowest BCUT2D eigenvalue weighted by Gasteiger charge is -2.16. The fourth-order valence-corrected chi connectivity index (χ4v) is 4.02. The summed E-state index contributed by atoms with van der Waals surface area (Å²) in [4.78, 5) is 51.1. The number of halogens is 1. The van der Waals surface area contributed by atoms with E-state index in [1.807, 2.05) is 0 Å². The first-order valence-corrected chi connectivity index (χ1v) is 10.1. The van der Waals surface area contributed by atoms with Crippen molar-refractivity contribution in [2.75, 3.05) is 23.9 Å². The zero-order chi connectivity index (χ0) is 23.0. The highest BCUT2D eigenvalue weighted by atomic mass is 35.5. The minimum atomic E-state index is -1.16. The van der Waals surface area contributed by atoms with Crippen molar-refractivity contribution in [1.82, 2.24) is 10.3 Å². The van der Waals surface area contributed by atoms with Crippen LogP contribution in [0.3, 0.4) is 0 Å². The molecule has 1 aromatic heterocycles.